The number of hydrogen-bond acceptors (Lipinski definition) is 6. The van der Waals surface area contributed by atoms with Gasteiger partial charge in [0.05, 0.1) is 38.4 Å². The van der Waals surface area contributed by atoms with Crippen LogP contribution in [0.15, 0.2) is 48.6 Å². The maximum Gasteiger partial charge on any atom is 0.389 e. The zero-order chi connectivity index (χ0) is 32.9. The number of carbonyl (C=O) groups excluding carboxylic acids is 2. The minimum absolute atomic E-state index is 0.0446. The predicted molar refractivity (Wildman–Crippen MR) is 155 cm³/mol. The molecule has 2 aromatic carbocycles. The van der Waals surface area contributed by atoms with Crippen molar-refractivity contribution in [3.05, 3.63) is 76.9 Å². The minimum atomic E-state index is -4.58. The third kappa shape index (κ3) is 9.01. The molecule has 0 fully saturated rings. The van der Waals surface area contributed by atoms with Crippen molar-refractivity contribution in [3.63, 3.8) is 0 Å². The van der Waals surface area contributed by atoms with Gasteiger partial charge >= 0.3 is 6.18 Å². The number of carbonyl (C=O) groups is 2. The highest BCUT2D eigenvalue weighted by molar-refractivity contribution is 5.88. The van der Waals surface area contributed by atoms with Gasteiger partial charge in [-0.25, -0.2) is 8.78 Å². The molecular weight excluding hydrogens is 601 g/mol. The van der Waals surface area contributed by atoms with Crippen molar-refractivity contribution in [1.82, 2.24) is 15.5 Å². The molecule has 246 valence electrons. The highest BCUT2D eigenvalue weighted by Crippen LogP contribution is 2.42. The van der Waals surface area contributed by atoms with Crippen molar-refractivity contribution >= 4 is 11.8 Å². The predicted octanol–water partition coefficient (Wildman–Crippen LogP) is 4.53. The number of β-amino-alcohol motifs (C(OH)–C–C–N with tert-alkyl or cyclic N) is 1. The van der Waals surface area contributed by atoms with Crippen LogP contribution in [0.5, 0.6) is 5.75 Å². The Morgan fingerprint density at radius 3 is 2.51 bits per heavy atom. The van der Waals surface area contributed by atoms with E-state index < -0.39 is 60.2 Å². The van der Waals surface area contributed by atoms with Crippen LogP contribution < -0.4 is 15.4 Å². The Kier molecular flexibility index (Phi) is 11.2. The van der Waals surface area contributed by atoms with Gasteiger partial charge in [0.2, 0.25) is 11.8 Å². The quantitative estimate of drug-likeness (QED) is 0.318. The van der Waals surface area contributed by atoms with Crippen LogP contribution in [-0.4, -0.2) is 73.5 Å². The van der Waals surface area contributed by atoms with Gasteiger partial charge in [-0.05, 0) is 60.2 Å². The standard InChI is InChI=1S/C32H38F5N3O5/c1-18(16-32(35,36)37)31(43)40(2)27-6-4-5-9-45-29-15-25(24-14-22(44-3)7-8-23(24)29)38-17-28(41)26(39-30(27)42)12-19-10-20(33)13-21(34)11-19/h4-5,7-8,10-11,13-14,18,25-29,38,41H,6,9,12,15-17H2,1-3H3,(H,39,42)/t18?,25-,26-,27-,28+,29+/m0/s1. The first kappa shape index (κ1) is 34.3. The molecule has 0 spiro atoms. The smallest absolute Gasteiger partial charge is 0.389 e. The van der Waals surface area contributed by atoms with Crippen molar-refractivity contribution in [2.24, 2.45) is 5.92 Å². The third-order valence-corrected chi connectivity index (χ3v) is 8.21. The van der Waals surface area contributed by atoms with E-state index in [0.717, 1.165) is 35.1 Å². The summed E-state index contributed by atoms with van der Waals surface area (Å²) in [6.07, 6.45) is -3.94. The van der Waals surface area contributed by atoms with Crippen molar-refractivity contribution < 1.29 is 46.1 Å². The number of halogens is 5. The van der Waals surface area contributed by atoms with Crippen molar-refractivity contribution in [2.45, 2.75) is 69.1 Å². The lowest BCUT2D eigenvalue weighted by Crippen LogP contribution is -2.55. The maximum absolute atomic E-state index is 14.0. The van der Waals surface area contributed by atoms with Crippen LogP contribution in [0.3, 0.4) is 0 Å². The molecule has 1 unspecified atom stereocenters. The number of likely N-dealkylation sites (N-methyl/N-ethyl adjacent to an activating group) is 1. The van der Waals surface area contributed by atoms with E-state index in [-0.39, 0.29) is 43.7 Å². The summed E-state index contributed by atoms with van der Waals surface area (Å²) in [6.45, 7) is 1.26. The molecule has 45 heavy (non-hydrogen) atoms. The number of alkyl halides is 3. The van der Waals surface area contributed by atoms with Gasteiger partial charge in [-0.1, -0.05) is 25.1 Å². The summed E-state index contributed by atoms with van der Waals surface area (Å²) in [6, 6.07) is 5.90. The van der Waals surface area contributed by atoms with Gasteiger partial charge in [0.1, 0.15) is 23.4 Å². The van der Waals surface area contributed by atoms with Crippen LogP contribution in [0.2, 0.25) is 0 Å². The Morgan fingerprint density at radius 1 is 1.13 bits per heavy atom. The number of nitrogens with zero attached hydrogens (tertiary/aromatic N) is 1. The summed E-state index contributed by atoms with van der Waals surface area (Å²) in [4.78, 5) is 27.6. The number of benzene rings is 2. The molecule has 0 saturated heterocycles. The zero-order valence-corrected chi connectivity index (χ0v) is 25.2. The van der Waals surface area contributed by atoms with Gasteiger partial charge in [0.25, 0.3) is 0 Å². The SMILES string of the molecule is COc1ccc2c(c1)[C@@H]1C[C@H]2OCC=CC[C@H](N(C)C(=O)C(C)CC(F)(F)F)C(=O)N[C@@H](Cc2cc(F)cc(F)c2)[C@H](O)CN1. The van der Waals surface area contributed by atoms with Crippen LogP contribution in [0.1, 0.15) is 55.0 Å². The summed E-state index contributed by atoms with van der Waals surface area (Å²) in [5, 5.41) is 17.3. The largest absolute Gasteiger partial charge is 0.497 e. The zero-order valence-electron chi connectivity index (χ0n) is 25.2. The second kappa shape index (κ2) is 14.7. The second-order valence-electron chi connectivity index (χ2n) is 11.6. The van der Waals surface area contributed by atoms with Crippen LogP contribution >= 0.6 is 0 Å². The van der Waals surface area contributed by atoms with Crippen molar-refractivity contribution in [1.29, 1.82) is 0 Å². The number of fused-ring (bicyclic) bond motifs is 5. The second-order valence-corrected chi connectivity index (χ2v) is 11.6. The molecule has 6 atom stereocenters. The monoisotopic (exact) mass is 639 g/mol. The number of hydrogen-bond donors (Lipinski definition) is 3. The molecule has 4 rings (SSSR count). The minimum Gasteiger partial charge on any atom is -0.497 e. The Morgan fingerprint density at radius 2 is 1.84 bits per heavy atom. The van der Waals surface area contributed by atoms with E-state index >= 15 is 0 Å². The Balaban J connectivity index is 1.65. The molecule has 0 radical (unpaired) electrons. The van der Waals surface area contributed by atoms with E-state index in [0.29, 0.717) is 18.2 Å². The fraction of sp³-hybridized carbons (Fsp3) is 0.500. The van der Waals surface area contributed by atoms with Crippen molar-refractivity contribution in [2.75, 3.05) is 27.3 Å². The molecule has 3 N–H and O–H groups in total. The molecule has 2 bridgehead atoms. The normalized spacial score (nSPS) is 25.0. The first-order valence-electron chi connectivity index (χ1n) is 14.7. The van der Waals surface area contributed by atoms with Gasteiger partial charge in [0, 0.05) is 31.6 Å². The number of methoxy groups -OCH3 is 1. The van der Waals surface area contributed by atoms with Crippen LogP contribution in [0, 0.1) is 17.6 Å². The van der Waals surface area contributed by atoms with Crippen LogP contribution in [0.4, 0.5) is 22.0 Å². The molecule has 8 nitrogen and oxygen atoms in total. The highest BCUT2D eigenvalue weighted by atomic mass is 19.4. The van der Waals surface area contributed by atoms with E-state index in [1.807, 2.05) is 18.2 Å². The van der Waals surface area contributed by atoms with Crippen LogP contribution in [-0.2, 0) is 20.7 Å². The number of aliphatic hydroxyl groups is 1. The Bertz CT molecular complexity index is 1370. The molecule has 0 aromatic heterocycles. The molecule has 2 aromatic rings. The van der Waals surface area contributed by atoms with Crippen molar-refractivity contribution in [3.8, 4) is 5.75 Å². The number of nitrogens with one attached hydrogen (secondary N) is 2. The number of rotatable bonds is 6. The Labute approximate surface area is 258 Å². The lowest BCUT2D eigenvalue weighted by atomic mass is 9.98. The number of aliphatic hydroxyl groups excluding tert-OH is 1. The fourth-order valence-corrected chi connectivity index (χ4v) is 5.89. The summed E-state index contributed by atoms with van der Waals surface area (Å²) in [5.41, 5.74) is 2.02. The molecule has 1 aliphatic heterocycles. The average molecular weight is 640 g/mol. The summed E-state index contributed by atoms with van der Waals surface area (Å²) >= 11 is 0. The van der Waals surface area contributed by atoms with E-state index in [1.54, 1.807) is 19.3 Å². The fourth-order valence-electron chi connectivity index (χ4n) is 5.89. The topological polar surface area (TPSA) is 100 Å². The number of amides is 2. The molecular formula is C32H38F5N3O5. The molecule has 1 aliphatic carbocycles. The lowest BCUT2D eigenvalue weighted by Gasteiger charge is -2.32. The first-order chi connectivity index (χ1) is 21.3. The van der Waals surface area contributed by atoms with E-state index in [9.17, 15) is 36.6 Å². The summed E-state index contributed by atoms with van der Waals surface area (Å²) in [7, 11) is 2.80. The van der Waals surface area contributed by atoms with E-state index in [4.69, 9.17) is 9.47 Å². The van der Waals surface area contributed by atoms with Gasteiger partial charge in [-0.2, -0.15) is 13.2 Å². The molecule has 0 saturated carbocycles. The molecule has 1 heterocycles. The third-order valence-electron chi connectivity index (χ3n) is 8.21. The molecule has 2 amide bonds. The van der Waals surface area contributed by atoms with Gasteiger partial charge in [-0.3, -0.25) is 9.59 Å². The highest BCUT2D eigenvalue weighted by Gasteiger charge is 2.38. The Hall–Kier alpha value is -3.55. The van der Waals surface area contributed by atoms with Crippen LogP contribution in [0.25, 0.3) is 0 Å². The number of ether oxygens (including phenoxy) is 2. The average Bonchev–Trinajstić information content (AvgIpc) is 3.31. The van der Waals surface area contributed by atoms with Gasteiger partial charge in [-0.15, -0.1) is 0 Å². The first-order valence-corrected chi connectivity index (χ1v) is 14.7. The van der Waals surface area contributed by atoms with Gasteiger partial charge < -0.3 is 30.1 Å². The summed E-state index contributed by atoms with van der Waals surface area (Å²) in [5.74, 6) is -4.11. The summed E-state index contributed by atoms with van der Waals surface area (Å²) < 4.78 is 78.7. The van der Waals surface area contributed by atoms with Gasteiger partial charge in [0.15, 0.2) is 0 Å². The molecule has 2 aliphatic rings. The van der Waals surface area contributed by atoms with E-state index in [2.05, 4.69) is 10.6 Å². The maximum atomic E-state index is 14.0. The molecule has 13 heteroatoms. The van der Waals surface area contributed by atoms with E-state index in [1.165, 1.54) is 7.05 Å². The lowest BCUT2D eigenvalue weighted by molar-refractivity contribution is -0.159.